The van der Waals surface area contributed by atoms with Gasteiger partial charge in [0, 0.05) is 19.1 Å². The predicted molar refractivity (Wildman–Crippen MR) is 38.8 cm³/mol. The molecule has 0 aromatic heterocycles. The summed E-state index contributed by atoms with van der Waals surface area (Å²) in [6.07, 6.45) is 1.14. The van der Waals surface area contributed by atoms with Gasteiger partial charge in [0.15, 0.2) is 0 Å². The molecule has 1 aliphatic heterocycles. The molecule has 2 unspecified atom stereocenters. The Morgan fingerprint density at radius 2 is 2.44 bits per heavy atom. The standard InChI is InChI=1S/C7H13ClO/c1-6-5-9-3-2-7(6)4-8/h6-7H,2-5H2,1H3. The molecule has 0 spiro atoms. The van der Waals surface area contributed by atoms with Crippen molar-refractivity contribution >= 4 is 11.6 Å². The predicted octanol–water partition coefficient (Wildman–Crippen LogP) is 1.90. The van der Waals surface area contributed by atoms with Crippen LogP contribution in [0, 0.1) is 11.8 Å². The summed E-state index contributed by atoms with van der Waals surface area (Å²) in [5.74, 6) is 2.15. The number of hydrogen-bond acceptors (Lipinski definition) is 1. The fourth-order valence-electron chi connectivity index (χ4n) is 1.15. The summed E-state index contributed by atoms with van der Waals surface area (Å²) in [6.45, 7) is 4.01. The number of alkyl halides is 1. The van der Waals surface area contributed by atoms with Gasteiger partial charge in [-0.05, 0) is 18.3 Å². The first-order valence-electron chi connectivity index (χ1n) is 3.48. The molecule has 1 saturated heterocycles. The summed E-state index contributed by atoms with van der Waals surface area (Å²) in [5, 5.41) is 0. The number of hydrogen-bond donors (Lipinski definition) is 0. The van der Waals surface area contributed by atoms with Crippen molar-refractivity contribution in [2.45, 2.75) is 13.3 Å². The van der Waals surface area contributed by atoms with Gasteiger partial charge in [-0.15, -0.1) is 11.6 Å². The molecule has 0 aromatic rings. The number of halogens is 1. The van der Waals surface area contributed by atoms with Gasteiger partial charge in [0.1, 0.15) is 0 Å². The van der Waals surface area contributed by atoms with Gasteiger partial charge >= 0.3 is 0 Å². The molecule has 1 aliphatic rings. The quantitative estimate of drug-likeness (QED) is 0.516. The average molecular weight is 149 g/mol. The lowest BCUT2D eigenvalue weighted by molar-refractivity contribution is 0.0313. The van der Waals surface area contributed by atoms with Crippen molar-refractivity contribution in [2.24, 2.45) is 11.8 Å². The third kappa shape index (κ3) is 1.84. The third-order valence-electron chi connectivity index (χ3n) is 2.02. The van der Waals surface area contributed by atoms with Crippen LogP contribution < -0.4 is 0 Å². The van der Waals surface area contributed by atoms with Gasteiger partial charge in [-0.1, -0.05) is 6.92 Å². The molecule has 2 atom stereocenters. The molecule has 9 heavy (non-hydrogen) atoms. The molecule has 1 fully saturated rings. The van der Waals surface area contributed by atoms with E-state index in [0.29, 0.717) is 11.8 Å². The Kier molecular flexibility index (Phi) is 2.80. The lowest BCUT2D eigenvalue weighted by atomic mass is 9.92. The molecule has 1 nitrogen and oxygen atoms in total. The van der Waals surface area contributed by atoms with E-state index in [2.05, 4.69) is 6.92 Å². The van der Waals surface area contributed by atoms with Crippen LogP contribution in [-0.2, 0) is 4.74 Å². The maximum absolute atomic E-state index is 5.72. The van der Waals surface area contributed by atoms with Crippen molar-refractivity contribution in [3.05, 3.63) is 0 Å². The monoisotopic (exact) mass is 148 g/mol. The Hall–Kier alpha value is 0.250. The molecule has 0 aromatic carbocycles. The van der Waals surface area contributed by atoms with Crippen molar-refractivity contribution in [3.63, 3.8) is 0 Å². The molecule has 0 N–H and O–H groups in total. The van der Waals surface area contributed by atoms with Gasteiger partial charge in [0.2, 0.25) is 0 Å². The van der Waals surface area contributed by atoms with E-state index in [-0.39, 0.29) is 0 Å². The van der Waals surface area contributed by atoms with Crippen LogP contribution in [0.1, 0.15) is 13.3 Å². The van der Waals surface area contributed by atoms with E-state index in [1.165, 1.54) is 0 Å². The highest BCUT2D eigenvalue weighted by molar-refractivity contribution is 6.18. The topological polar surface area (TPSA) is 9.23 Å². The Bertz CT molecular complexity index is 85.0. The second-order valence-electron chi connectivity index (χ2n) is 2.76. The summed E-state index contributed by atoms with van der Waals surface area (Å²) in [6, 6.07) is 0. The highest BCUT2D eigenvalue weighted by Crippen LogP contribution is 2.21. The van der Waals surface area contributed by atoms with Crippen LogP contribution in [0.3, 0.4) is 0 Å². The molecule has 0 radical (unpaired) electrons. The van der Waals surface area contributed by atoms with Crippen molar-refractivity contribution in [1.29, 1.82) is 0 Å². The molecule has 0 bridgehead atoms. The fraction of sp³-hybridized carbons (Fsp3) is 1.00. The molecule has 2 heteroatoms. The molecule has 0 amide bonds. The van der Waals surface area contributed by atoms with Crippen molar-refractivity contribution in [2.75, 3.05) is 19.1 Å². The summed E-state index contributed by atoms with van der Waals surface area (Å²) >= 11 is 5.72. The zero-order valence-corrected chi connectivity index (χ0v) is 6.53. The maximum atomic E-state index is 5.72. The highest BCUT2D eigenvalue weighted by atomic mass is 35.5. The van der Waals surface area contributed by atoms with Crippen LogP contribution in [0.2, 0.25) is 0 Å². The van der Waals surface area contributed by atoms with E-state index in [4.69, 9.17) is 16.3 Å². The van der Waals surface area contributed by atoms with Gasteiger partial charge in [-0.2, -0.15) is 0 Å². The minimum absolute atomic E-state index is 0.663. The molecule has 54 valence electrons. The SMILES string of the molecule is CC1COCCC1CCl. The molecule has 1 heterocycles. The van der Waals surface area contributed by atoms with E-state index in [1.807, 2.05) is 0 Å². The number of ether oxygens (including phenoxy) is 1. The van der Waals surface area contributed by atoms with Crippen molar-refractivity contribution in [3.8, 4) is 0 Å². The zero-order valence-electron chi connectivity index (χ0n) is 5.77. The first-order valence-corrected chi connectivity index (χ1v) is 4.01. The summed E-state index contributed by atoms with van der Waals surface area (Å²) < 4.78 is 5.26. The second-order valence-corrected chi connectivity index (χ2v) is 3.06. The van der Waals surface area contributed by atoms with E-state index in [9.17, 15) is 0 Å². The van der Waals surface area contributed by atoms with Crippen molar-refractivity contribution < 1.29 is 4.74 Å². The van der Waals surface area contributed by atoms with E-state index in [1.54, 1.807) is 0 Å². The Morgan fingerprint density at radius 1 is 1.67 bits per heavy atom. The van der Waals surface area contributed by atoms with Gasteiger partial charge in [0.25, 0.3) is 0 Å². The summed E-state index contributed by atoms with van der Waals surface area (Å²) in [4.78, 5) is 0. The first-order chi connectivity index (χ1) is 4.34. The Morgan fingerprint density at radius 3 is 2.89 bits per heavy atom. The Labute approximate surface area is 61.3 Å². The lowest BCUT2D eigenvalue weighted by Gasteiger charge is -2.26. The average Bonchev–Trinajstić information content (AvgIpc) is 1.89. The third-order valence-corrected chi connectivity index (χ3v) is 2.41. The van der Waals surface area contributed by atoms with Crippen molar-refractivity contribution in [1.82, 2.24) is 0 Å². The smallest absolute Gasteiger partial charge is 0.0494 e. The van der Waals surface area contributed by atoms with E-state index in [0.717, 1.165) is 25.5 Å². The molecule has 0 aliphatic carbocycles. The summed E-state index contributed by atoms with van der Waals surface area (Å²) in [7, 11) is 0. The van der Waals surface area contributed by atoms with Gasteiger partial charge in [-0.3, -0.25) is 0 Å². The minimum atomic E-state index is 0.663. The highest BCUT2D eigenvalue weighted by Gasteiger charge is 2.20. The lowest BCUT2D eigenvalue weighted by Crippen LogP contribution is -2.26. The van der Waals surface area contributed by atoms with Gasteiger partial charge in [0.05, 0.1) is 0 Å². The fourth-order valence-corrected chi connectivity index (χ4v) is 1.61. The van der Waals surface area contributed by atoms with Crippen LogP contribution >= 0.6 is 11.6 Å². The molecule has 1 rings (SSSR count). The molecule has 0 saturated carbocycles. The van der Waals surface area contributed by atoms with E-state index < -0.39 is 0 Å². The second kappa shape index (κ2) is 3.43. The zero-order chi connectivity index (χ0) is 6.69. The van der Waals surface area contributed by atoms with Gasteiger partial charge < -0.3 is 4.74 Å². The Balaban J connectivity index is 2.30. The first kappa shape index (κ1) is 7.36. The van der Waals surface area contributed by atoms with Crippen LogP contribution in [0.25, 0.3) is 0 Å². The van der Waals surface area contributed by atoms with E-state index >= 15 is 0 Å². The van der Waals surface area contributed by atoms with Crippen LogP contribution in [0.5, 0.6) is 0 Å². The van der Waals surface area contributed by atoms with Crippen LogP contribution in [0.15, 0.2) is 0 Å². The van der Waals surface area contributed by atoms with Gasteiger partial charge in [-0.25, -0.2) is 0 Å². The number of rotatable bonds is 1. The summed E-state index contributed by atoms with van der Waals surface area (Å²) in [5.41, 5.74) is 0. The molecular weight excluding hydrogens is 136 g/mol. The largest absolute Gasteiger partial charge is 0.381 e. The van der Waals surface area contributed by atoms with Crippen LogP contribution in [-0.4, -0.2) is 19.1 Å². The molecular formula is C7H13ClO. The maximum Gasteiger partial charge on any atom is 0.0494 e. The van der Waals surface area contributed by atoms with Crippen LogP contribution in [0.4, 0.5) is 0 Å². The normalized spacial score (nSPS) is 36.7. The minimum Gasteiger partial charge on any atom is -0.381 e.